The Morgan fingerprint density at radius 3 is 2.50 bits per heavy atom. The summed E-state index contributed by atoms with van der Waals surface area (Å²) in [6, 6.07) is 9.96. The van der Waals surface area contributed by atoms with Crippen molar-refractivity contribution in [2.75, 3.05) is 13.1 Å². The van der Waals surface area contributed by atoms with Gasteiger partial charge in [-0.1, -0.05) is 37.3 Å². The molecule has 0 aliphatic heterocycles. The highest BCUT2D eigenvalue weighted by molar-refractivity contribution is 5.76. The minimum absolute atomic E-state index is 0.0555. The summed E-state index contributed by atoms with van der Waals surface area (Å²) in [4.78, 5) is 13.0. The number of aliphatic hydroxyl groups is 1. The number of hydrogen-bond donors (Lipinski definition) is 2. The molecule has 3 N–H and O–H groups in total. The van der Waals surface area contributed by atoms with Crippen LogP contribution in [0.2, 0.25) is 0 Å². The first kappa shape index (κ1) is 14.7. The number of benzene rings is 1. The number of primary amides is 1. The van der Waals surface area contributed by atoms with Gasteiger partial charge in [0.25, 0.3) is 0 Å². The molecule has 2 atom stereocenters. The molecule has 0 aromatic heterocycles. The van der Waals surface area contributed by atoms with E-state index in [-0.39, 0.29) is 18.5 Å². The Hall–Kier alpha value is -1.39. The van der Waals surface area contributed by atoms with Crippen LogP contribution >= 0.6 is 0 Å². The van der Waals surface area contributed by atoms with Gasteiger partial charge in [0.05, 0.1) is 12.6 Å². The lowest BCUT2D eigenvalue weighted by Gasteiger charge is -2.29. The number of nitrogens with zero attached hydrogens (tertiary/aromatic N) is 1. The molecular formula is C14H22N2O2. The molecule has 1 aromatic carbocycles. The third-order valence-electron chi connectivity index (χ3n) is 3.11. The van der Waals surface area contributed by atoms with Crippen LogP contribution in [0.1, 0.15) is 31.9 Å². The van der Waals surface area contributed by atoms with Gasteiger partial charge in [0.2, 0.25) is 5.91 Å². The van der Waals surface area contributed by atoms with Gasteiger partial charge in [-0.15, -0.1) is 0 Å². The maximum atomic E-state index is 11.1. The summed E-state index contributed by atoms with van der Waals surface area (Å²) < 4.78 is 0. The normalized spacial score (nSPS) is 14.4. The van der Waals surface area contributed by atoms with E-state index < -0.39 is 6.10 Å². The molecule has 0 fully saturated rings. The van der Waals surface area contributed by atoms with Gasteiger partial charge in [0.1, 0.15) is 0 Å². The molecule has 1 amide bonds. The fourth-order valence-electron chi connectivity index (χ4n) is 1.90. The standard InChI is InChI=1S/C14H22N2O2/c1-3-13(17)9-16(10-14(15)18)11(2)12-7-5-4-6-8-12/h4-8,11,13,17H,3,9-10H2,1-2H3,(H2,15,18)/t11-,13-/m1/s1. The number of nitrogens with two attached hydrogens (primary N) is 1. The monoisotopic (exact) mass is 250 g/mol. The lowest BCUT2D eigenvalue weighted by molar-refractivity contribution is -0.120. The average molecular weight is 250 g/mol. The first-order valence-electron chi connectivity index (χ1n) is 6.30. The summed E-state index contributed by atoms with van der Waals surface area (Å²) in [5, 5.41) is 9.74. The average Bonchev–Trinajstić information content (AvgIpc) is 2.37. The second kappa shape index (κ2) is 7.13. The van der Waals surface area contributed by atoms with Gasteiger partial charge in [-0.2, -0.15) is 0 Å². The zero-order valence-corrected chi connectivity index (χ0v) is 11.0. The van der Waals surface area contributed by atoms with Gasteiger partial charge in [-0.05, 0) is 18.9 Å². The van der Waals surface area contributed by atoms with Gasteiger partial charge in [-0.25, -0.2) is 0 Å². The lowest BCUT2D eigenvalue weighted by atomic mass is 10.1. The SMILES string of the molecule is CC[C@@H](O)CN(CC(N)=O)[C@H](C)c1ccccc1. The van der Waals surface area contributed by atoms with E-state index in [0.717, 1.165) is 5.56 Å². The Bertz CT molecular complexity index is 367. The number of carbonyl (C=O) groups is 1. The van der Waals surface area contributed by atoms with Crippen LogP contribution in [0.15, 0.2) is 30.3 Å². The predicted molar refractivity (Wildman–Crippen MR) is 71.9 cm³/mol. The highest BCUT2D eigenvalue weighted by atomic mass is 16.3. The fraction of sp³-hybridized carbons (Fsp3) is 0.500. The largest absolute Gasteiger partial charge is 0.392 e. The molecule has 1 aromatic rings. The van der Waals surface area contributed by atoms with Crippen molar-refractivity contribution in [2.45, 2.75) is 32.4 Å². The molecule has 0 radical (unpaired) electrons. The third-order valence-corrected chi connectivity index (χ3v) is 3.11. The fourth-order valence-corrected chi connectivity index (χ4v) is 1.90. The van der Waals surface area contributed by atoms with Crippen molar-refractivity contribution in [1.29, 1.82) is 0 Å². The van der Waals surface area contributed by atoms with Gasteiger partial charge in [-0.3, -0.25) is 9.69 Å². The van der Waals surface area contributed by atoms with Crippen LogP contribution in [0.3, 0.4) is 0 Å². The van der Waals surface area contributed by atoms with Crippen molar-refractivity contribution in [3.63, 3.8) is 0 Å². The molecule has 0 aliphatic carbocycles. The summed E-state index contributed by atoms with van der Waals surface area (Å²) in [7, 11) is 0. The molecule has 0 bridgehead atoms. The van der Waals surface area contributed by atoms with Crippen molar-refractivity contribution >= 4 is 5.91 Å². The van der Waals surface area contributed by atoms with Crippen LogP contribution in [-0.2, 0) is 4.79 Å². The van der Waals surface area contributed by atoms with E-state index in [4.69, 9.17) is 5.73 Å². The van der Waals surface area contributed by atoms with Crippen LogP contribution in [0.5, 0.6) is 0 Å². The Morgan fingerprint density at radius 1 is 1.39 bits per heavy atom. The molecule has 4 nitrogen and oxygen atoms in total. The molecule has 0 unspecified atom stereocenters. The van der Waals surface area contributed by atoms with E-state index in [0.29, 0.717) is 13.0 Å². The molecular weight excluding hydrogens is 228 g/mol. The van der Waals surface area contributed by atoms with Crippen LogP contribution in [0.4, 0.5) is 0 Å². The summed E-state index contributed by atoms with van der Waals surface area (Å²) in [5.41, 5.74) is 6.38. The Labute approximate surface area is 108 Å². The third kappa shape index (κ3) is 4.47. The van der Waals surface area contributed by atoms with E-state index in [9.17, 15) is 9.90 Å². The van der Waals surface area contributed by atoms with E-state index >= 15 is 0 Å². The van der Waals surface area contributed by atoms with E-state index in [2.05, 4.69) is 0 Å². The molecule has 0 heterocycles. The first-order valence-corrected chi connectivity index (χ1v) is 6.30. The maximum Gasteiger partial charge on any atom is 0.231 e. The van der Waals surface area contributed by atoms with Crippen molar-refractivity contribution < 1.29 is 9.90 Å². The predicted octanol–water partition coefficient (Wildman–Crippen LogP) is 1.31. The number of hydrogen-bond acceptors (Lipinski definition) is 3. The molecule has 0 saturated carbocycles. The van der Waals surface area contributed by atoms with Crippen molar-refractivity contribution in [3.8, 4) is 0 Å². The van der Waals surface area contributed by atoms with Crippen LogP contribution < -0.4 is 5.73 Å². The molecule has 18 heavy (non-hydrogen) atoms. The minimum Gasteiger partial charge on any atom is -0.392 e. The van der Waals surface area contributed by atoms with E-state index in [1.807, 2.05) is 49.1 Å². The van der Waals surface area contributed by atoms with Crippen LogP contribution in [0.25, 0.3) is 0 Å². The van der Waals surface area contributed by atoms with Crippen molar-refractivity contribution in [3.05, 3.63) is 35.9 Å². The van der Waals surface area contributed by atoms with E-state index in [1.54, 1.807) is 0 Å². The Kier molecular flexibility index (Phi) is 5.82. The topological polar surface area (TPSA) is 66.6 Å². The van der Waals surface area contributed by atoms with Gasteiger partial charge in [0, 0.05) is 12.6 Å². The second-order valence-corrected chi connectivity index (χ2v) is 4.54. The molecule has 100 valence electrons. The van der Waals surface area contributed by atoms with Gasteiger partial charge in [0.15, 0.2) is 0 Å². The molecule has 0 saturated heterocycles. The zero-order valence-electron chi connectivity index (χ0n) is 11.0. The first-order chi connectivity index (χ1) is 8.54. The minimum atomic E-state index is -0.435. The van der Waals surface area contributed by atoms with Gasteiger partial charge >= 0.3 is 0 Å². The Morgan fingerprint density at radius 2 is 2.00 bits per heavy atom. The van der Waals surface area contributed by atoms with Crippen molar-refractivity contribution in [2.24, 2.45) is 5.73 Å². The quantitative estimate of drug-likeness (QED) is 0.766. The smallest absolute Gasteiger partial charge is 0.231 e. The second-order valence-electron chi connectivity index (χ2n) is 4.54. The summed E-state index contributed by atoms with van der Waals surface area (Å²) in [6.45, 7) is 4.55. The summed E-state index contributed by atoms with van der Waals surface area (Å²) >= 11 is 0. The number of rotatable bonds is 7. The van der Waals surface area contributed by atoms with E-state index in [1.165, 1.54) is 0 Å². The number of carbonyl (C=O) groups excluding carboxylic acids is 1. The van der Waals surface area contributed by atoms with Crippen LogP contribution in [0, 0.1) is 0 Å². The highest BCUT2D eigenvalue weighted by Gasteiger charge is 2.19. The summed E-state index contributed by atoms with van der Waals surface area (Å²) in [6.07, 6.45) is 0.229. The zero-order chi connectivity index (χ0) is 13.5. The maximum absolute atomic E-state index is 11.1. The molecule has 0 spiro atoms. The molecule has 1 rings (SSSR count). The van der Waals surface area contributed by atoms with Gasteiger partial charge < -0.3 is 10.8 Å². The molecule has 0 aliphatic rings. The number of aliphatic hydroxyl groups excluding tert-OH is 1. The van der Waals surface area contributed by atoms with Crippen LogP contribution in [-0.4, -0.2) is 35.1 Å². The molecule has 4 heteroatoms. The highest BCUT2D eigenvalue weighted by Crippen LogP contribution is 2.20. The van der Waals surface area contributed by atoms with Crippen molar-refractivity contribution in [1.82, 2.24) is 4.90 Å². The Balaban J connectivity index is 2.78. The lowest BCUT2D eigenvalue weighted by Crippen LogP contribution is -2.40. The summed E-state index contributed by atoms with van der Waals surface area (Å²) in [5.74, 6) is -0.374. The number of amides is 1.